The number of rotatable bonds is 6. The normalized spacial score (nSPS) is 23.5. The minimum atomic E-state index is 0.286. The van der Waals surface area contributed by atoms with Crippen molar-refractivity contribution < 1.29 is 5.11 Å². The van der Waals surface area contributed by atoms with Gasteiger partial charge in [-0.05, 0) is 48.3 Å². The fourth-order valence-electron chi connectivity index (χ4n) is 4.06. The van der Waals surface area contributed by atoms with Crippen molar-refractivity contribution in [1.29, 1.82) is 0 Å². The van der Waals surface area contributed by atoms with Crippen LogP contribution in [-0.4, -0.2) is 24.3 Å². The lowest BCUT2D eigenvalue weighted by molar-refractivity contribution is 0.0795. The van der Waals surface area contributed by atoms with Crippen LogP contribution in [0.25, 0.3) is 0 Å². The van der Waals surface area contributed by atoms with Crippen LogP contribution in [0.4, 0.5) is 0 Å². The molecule has 1 rings (SSSR count). The van der Waals surface area contributed by atoms with Crippen LogP contribution >= 0.6 is 0 Å². The zero-order valence-corrected chi connectivity index (χ0v) is 14.0. The molecule has 19 heavy (non-hydrogen) atoms. The van der Waals surface area contributed by atoms with Crippen LogP contribution in [0.3, 0.4) is 0 Å². The number of hydrogen-bond donors (Lipinski definition) is 2. The quantitative estimate of drug-likeness (QED) is 0.764. The second-order valence-corrected chi connectivity index (χ2v) is 8.98. The van der Waals surface area contributed by atoms with Crippen LogP contribution < -0.4 is 5.32 Å². The van der Waals surface area contributed by atoms with Crippen molar-refractivity contribution >= 4 is 0 Å². The third-order valence-electron chi connectivity index (χ3n) is 4.44. The van der Waals surface area contributed by atoms with E-state index in [1.54, 1.807) is 0 Å². The Morgan fingerprint density at radius 1 is 1.11 bits per heavy atom. The molecule has 0 aromatic heterocycles. The lowest BCUT2D eigenvalue weighted by Crippen LogP contribution is -2.46. The Balaban J connectivity index is 2.48. The summed E-state index contributed by atoms with van der Waals surface area (Å²) in [5.41, 5.74) is 1.19. The predicted molar refractivity (Wildman–Crippen MR) is 83.3 cm³/mol. The molecule has 0 aromatic rings. The summed E-state index contributed by atoms with van der Waals surface area (Å²) in [6, 6.07) is 0.646. The Kier molecular flexibility index (Phi) is 5.48. The van der Waals surface area contributed by atoms with Gasteiger partial charge in [0.05, 0.1) is 0 Å². The van der Waals surface area contributed by atoms with Crippen molar-refractivity contribution in [1.82, 2.24) is 5.32 Å². The van der Waals surface area contributed by atoms with Crippen molar-refractivity contribution in [3.63, 3.8) is 0 Å². The van der Waals surface area contributed by atoms with Crippen LogP contribution in [0, 0.1) is 16.2 Å². The third kappa shape index (κ3) is 6.27. The van der Waals surface area contributed by atoms with Gasteiger partial charge in [-0.1, -0.05) is 41.5 Å². The number of aliphatic hydroxyl groups is 1. The van der Waals surface area contributed by atoms with E-state index in [1.807, 2.05) is 0 Å². The van der Waals surface area contributed by atoms with E-state index in [-0.39, 0.29) is 5.41 Å². The topological polar surface area (TPSA) is 32.3 Å². The van der Waals surface area contributed by atoms with E-state index in [1.165, 1.54) is 19.3 Å². The molecule has 0 aliphatic heterocycles. The summed E-state index contributed by atoms with van der Waals surface area (Å²) in [5, 5.41) is 12.8. The maximum atomic E-state index is 8.96. The molecule has 0 bridgehead atoms. The molecular formula is C17H35NO. The minimum Gasteiger partial charge on any atom is -0.396 e. The Morgan fingerprint density at radius 2 is 1.63 bits per heavy atom. The Morgan fingerprint density at radius 3 is 2.11 bits per heavy atom. The number of aliphatic hydroxyl groups excluding tert-OH is 1. The highest BCUT2D eigenvalue weighted by Crippen LogP contribution is 2.45. The molecular weight excluding hydrogens is 234 g/mol. The van der Waals surface area contributed by atoms with Crippen LogP contribution in [-0.2, 0) is 0 Å². The highest BCUT2D eigenvalue weighted by molar-refractivity contribution is 4.92. The summed E-state index contributed by atoms with van der Waals surface area (Å²) in [6.45, 7) is 15.6. The van der Waals surface area contributed by atoms with Crippen LogP contribution in [0.15, 0.2) is 0 Å². The molecule has 0 radical (unpaired) electrons. The number of nitrogens with one attached hydrogen (secondary N) is 1. The van der Waals surface area contributed by atoms with Gasteiger partial charge in [0, 0.05) is 19.2 Å². The molecule has 1 aliphatic rings. The molecule has 0 aromatic carbocycles. The van der Waals surface area contributed by atoms with Crippen LogP contribution in [0.5, 0.6) is 0 Å². The molecule has 0 unspecified atom stereocenters. The molecule has 0 spiro atoms. The van der Waals surface area contributed by atoms with Gasteiger partial charge in [0.25, 0.3) is 0 Å². The maximum absolute atomic E-state index is 8.96. The molecule has 0 heterocycles. The second-order valence-electron chi connectivity index (χ2n) is 8.98. The average molecular weight is 269 g/mol. The average Bonchev–Trinajstić information content (AvgIpc) is 2.20. The van der Waals surface area contributed by atoms with Crippen molar-refractivity contribution in [2.75, 3.05) is 13.2 Å². The van der Waals surface area contributed by atoms with Crippen molar-refractivity contribution in [3.8, 4) is 0 Å². The van der Waals surface area contributed by atoms with Crippen LogP contribution in [0.1, 0.15) is 73.6 Å². The molecule has 0 saturated heterocycles. The van der Waals surface area contributed by atoms with Crippen LogP contribution in [0.2, 0.25) is 0 Å². The molecule has 0 amide bonds. The van der Waals surface area contributed by atoms with Gasteiger partial charge in [0.15, 0.2) is 0 Å². The van der Waals surface area contributed by atoms with Crippen molar-refractivity contribution in [2.45, 2.75) is 79.7 Å². The monoisotopic (exact) mass is 269 g/mol. The van der Waals surface area contributed by atoms with E-state index in [0.29, 0.717) is 23.5 Å². The van der Waals surface area contributed by atoms with Gasteiger partial charge in [-0.25, -0.2) is 0 Å². The summed E-state index contributed by atoms with van der Waals surface area (Å²) >= 11 is 0. The fraction of sp³-hybridized carbons (Fsp3) is 1.00. The third-order valence-corrected chi connectivity index (χ3v) is 4.44. The zero-order valence-electron chi connectivity index (χ0n) is 14.0. The first-order valence-corrected chi connectivity index (χ1v) is 7.90. The van der Waals surface area contributed by atoms with Gasteiger partial charge in [-0.3, -0.25) is 0 Å². The van der Waals surface area contributed by atoms with Gasteiger partial charge in [0.2, 0.25) is 0 Å². The summed E-state index contributed by atoms with van der Waals surface area (Å²) < 4.78 is 0. The maximum Gasteiger partial charge on any atom is 0.0431 e. The predicted octanol–water partition coefficient (Wildman–Crippen LogP) is 3.98. The fourth-order valence-corrected chi connectivity index (χ4v) is 4.06. The molecule has 114 valence electrons. The molecule has 2 N–H and O–H groups in total. The van der Waals surface area contributed by atoms with Crippen molar-refractivity contribution in [3.05, 3.63) is 0 Å². The summed E-state index contributed by atoms with van der Waals surface area (Å²) in [5.74, 6) is 0. The van der Waals surface area contributed by atoms with E-state index in [4.69, 9.17) is 5.11 Å². The first-order valence-electron chi connectivity index (χ1n) is 7.90. The van der Waals surface area contributed by atoms with Gasteiger partial charge < -0.3 is 10.4 Å². The molecule has 2 nitrogen and oxygen atoms in total. The molecule has 1 aliphatic carbocycles. The molecule has 0 atom stereocenters. The zero-order chi connectivity index (χ0) is 14.7. The van der Waals surface area contributed by atoms with Gasteiger partial charge in [-0.15, -0.1) is 0 Å². The van der Waals surface area contributed by atoms with Gasteiger partial charge >= 0.3 is 0 Å². The largest absolute Gasteiger partial charge is 0.396 e. The van der Waals surface area contributed by atoms with E-state index < -0.39 is 0 Å². The minimum absolute atomic E-state index is 0.286. The smallest absolute Gasteiger partial charge is 0.0431 e. The van der Waals surface area contributed by atoms with E-state index in [2.05, 4.69) is 46.9 Å². The Bertz CT molecular complexity index is 265. The molecule has 1 fully saturated rings. The molecule has 1 saturated carbocycles. The lowest BCUT2D eigenvalue weighted by Gasteiger charge is -2.46. The highest BCUT2D eigenvalue weighted by atomic mass is 16.2. The first-order chi connectivity index (χ1) is 8.55. The Hall–Kier alpha value is -0.0800. The highest BCUT2D eigenvalue weighted by Gasteiger charge is 2.38. The SMILES string of the molecule is CC(C)(CCCO)CNC1CC(C)(C)CC(C)(C)C1. The Labute approximate surface area is 120 Å². The standard InChI is InChI=1S/C17H35NO/c1-15(2,8-7-9-19)13-18-14-10-16(3,4)12-17(5,6)11-14/h14,18-19H,7-13H2,1-6H3. The summed E-state index contributed by atoms with van der Waals surface area (Å²) in [7, 11) is 0. The number of hydrogen-bond acceptors (Lipinski definition) is 2. The summed E-state index contributed by atoms with van der Waals surface area (Å²) in [4.78, 5) is 0. The summed E-state index contributed by atoms with van der Waals surface area (Å²) in [6.07, 6.45) is 5.90. The second kappa shape index (κ2) is 6.13. The van der Waals surface area contributed by atoms with Gasteiger partial charge in [0.1, 0.15) is 0 Å². The lowest BCUT2D eigenvalue weighted by atomic mass is 9.63. The first kappa shape index (κ1) is 17.0. The van der Waals surface area contributed by atoms with Gasteiger partial charge in [-0.2, -0.15) is 0 Å². The van der Waals surface area contributed by atoms with E-state index in [9.17, 15) is 0 Å². The molecule has 2 heteroatoms. The van der Waals surface area contributed by atoms with E-state index in [0.717, 1.165) is 19.4 Å². The van der Waals surface area contributed by atoms with Crippen molar-refractivity contribution in [2.24, 2.45) is 16.2 Å². The van der Waals surface area contributed by atoms with E-state index >= 15 is 0 Å².